The Labute approximate surface area is 202 Å². The topological polar surface area (TPSA) is 76.0 Å². The van der Waals surface area contributed by atoms with E-state index in [1.54, 1.807) is 17.4 Å². The Morgan fingerprint density at radius 1 is 1.24 bits per heavy atom. The molecule has 1 amide bonds. The molecule has 7 nitrogen and oxygen atoms in total. The van der Waals surface area contributed by atoms with Crippen LogP contribution in [0.5, 0.6) is 5.75 Å². The molecule has 1 aromatic carbocycles. The van der Waals surface area contributed by atoms with E-state index in [1.165, 1.54) is 12.8 Å². The summed E-state index contributed by atoms with van der Waals surface area (Å²) < 4.78 is 8.71. The van der Waals surface area contributed by atoms with Crippen molar-refractivity contribution < 1.29 is 9.53 Å². The van der Waals surface area contributed by atoms with Gasteiger partial charge in [0.2, 0.25) is 5.91 Å². The molecule has 33 heavy (non-hydrogen) atoms. The molecule has 0 spiro atoms. The molecule has 1 aliphatic heterocycles. The average molecular weight is 482 g/mol. The van der Waals surface area contributed by atoms with E-state index in [-0.39, 0.29) is 5.91 Å². The maximum absolute atomic E-state index is 12.7. The maximum atomic E-state index is 12.7. The van der Waals surface area contributed by atoms with Gasteiger partial charge in [0.25, 0.3) is 0 Å². The molecular weight excluding hydrogens is 454 g/mol. The number of aromatic amines is 1. The normalized spacial score (nSPS) is 17.1. The lowest BCUT2D eigenvalue weighted by Gasteiger charge is -2.31. The van der Waals surface area contributed by atoms with E-state index < -0.39 is 0 Å². The molecule has 0 unspecified atom stereocenters. The Hall–Kier alpha value is -2.78. The maximum Gasteiger partial charge on any atom is 0.246 e. The van der Waals surface area contributed by atoms with E-state index in [9.17, 15) is 4.79 Å². The molecule has 0 atom stereocenters. The number of hydrogen-bond acceptors (Lipinski definition) is 6. The van der Waals surface area contributed by atoms with Gasteiger partial charge in [-0.3, -0.25) is 9.89 Å². The summed E-state index contributed by atoms with van der Waals surface area (Å²) in [5, 5.41) is 10.5. The number of ether oxygens (including phenoxy) is 1. The summed E-state index contributed by atoms with van der Waals surface area (Å²) in [5.41, 5.74) is 1.91. The van der Waals surface area contributed by atoms with Gasteiger partial charge in [-0.15, -0.1) is 11.3 Å². The molecule has 2 aromatic heterocycles. The van der Waals surface area contributed by atoms with E-state index in [1.807, 2.05) is 47.5 Å². The van der Waals surface area contributed by atoms with Crippen LogP contribution in [-0.2, 0) is 11.4 Å². The van der Waals surface area contributed by atoms with E-state index >= 15 is 0 Å². The Morgan fingerprint density at radius 3 is 2.67 bits per heavy atom. The zero-order valence-electron chi connectivity index (χ0n) is 18.6. The number of carbonyl (C=O) groups is 1. The number of rotatable bonds is 7. The number of thiazole rings is 1. The number of H-pyrrole nitrogens is 1. The lowest BCUT2D eigenvalue weighted by Crippen LogP contribution is -2.37. The molecule has 9 heteroatoms. The third-order valence-electron chi connectivity index (χ3n) is 6.17. The lowest BCUT2D eigenvalue weighted by molar-refractivity contribution is -0.127. The van der Waals surface area contributed by atoms with Crippen LogP contribution >= 0.6 is 23.6 Å². The quantitative estimate of drug-likeness (QED) is 0.378. The largest absolute Gasteiger partial charge is 0.487 e. The van der Waals surface area contributed by atoms with Gasteiger partial charge in [-0.25, -0.2) is 4.98 Å². The Bertz CT molecular complexity index is 1200. The minimum Gasteiger partial charge on any atom is -0.487 e. The summed E-state index contributed by atoms with van der Waals surface area (Å²) in [4.78, 5) is 19.0. The molecule has 0 bridgehead atoms. The summed E-state index contributed by atoms with van der Waals surface area (Å²) in [5.74, 6) is 2.26. The van der Waals surface area contributed by atoms with Gasteiger partial charge in [0.1, 0.15) is 18.2 Å². The van der Waals surface area contributed by atoms with Crippen molar-refractivity contribution in [3.8, 4) is 5.75 Å². The standard InChI is InChI=1S/C24H27N5O2S2/c1-16-25-19(15-33-16)14-31-21-7-2-17(3-8-21)4-9-22(30)28-12-10-18(11-13-28)23-26-27-24(32)29(23)20-5-6-20/h2-4,7-9,15,18,20H,5-6,10-14H2,1H3,(H,27,32)/b9-4+. The number of likely N-dealkylation sites (tertiary alicyclic amines) is 1. The van der Waals surface area contributed by atoms with Crippen LogP contribution in [0.25, 0.3) is 6.08 Å². The van der Waals surface area contributed by atoms with Crippen LogP contribution < -0.4 is 4.74 Å². The zero-order chi connectivity index (χ0) is 22.8. The fourth-order valence-corrected chi connectivity index (χ4v) is 5.11. The van der Waals surface area contributed by atoms with Gasteiger partial charge in [-0.1, -0.05) is 12.1 Å². The monoisotopic (exact) mass is 481 g/mol. The molecule has 1 saturated carbocycles. The number of nitrogens with zero attached hydrogens (tertiary/aromatic N) is 4. The second-order valence-corrected chi connectivity index (χ2v) is 10.1. The van der Waals surface area contributed by atoms with Gasteiger partial charge in [0.05, 0.1) is 10.7 Å². The third-order valence-corrected chi connectivity index (χ3v) is 7.28. The Morgan fingerprint density at radius 2 is 2.00 bits per heavy atom. The first kappa shape index (κ1) is 22.0. The second-order valence-electron chi connectivity index (χ2n) is 8.64. The SMILES string of the molecule is Cc1nc(COc2ccc(/C=C/C(=O)N3CCC(c4n[nH]c(=S)n4C4CC4)CC3)cc2)cs1. The van der Waals surface area contributed by atoms with Gasteiger partial charge < -0.3 is 14.2 Å². The van der Waals surface area contributed by atoms with Gasteiger partial charge in [0, 0.05) is 36.5 Å². The number of nitrogens with one attached hydrogen (secondary N) is 1. The van der Waals surface area contributed by atoms with Crippen molar-refractivity contribution >= 4 is 35.5 Å². The molecule has 2 aliphatic rings. The van der Waals surface area contributed by atoms with Crippen molar-refractivity contribution in [2.75, 3.05) is 13.1 Å². The van der Waals surface area contributed by atoms with Crippen LogP contribution in [0, 0.1) is 11.7 Å². The second kappa shape index (κ2) is 9.61. The first-order valence-electron chi connectivity index (χ1n) is 11.3. The lowest BCUT2D eigenvalue weighted by atomic mass is 9.95. The van der Waals surface area contributed by atoms with E-state index in [0.29, 0.717) is 18.6 Å². The summed E-state index contributed by atoms with van der Waals surface area (Å²) in [7, 11) is 0. The van der Waals surface area contributed by atoms with E-state index in [4.69, 9.17) is 17.0 Å². The molecule has 172 valence electrons. The summed E-state index contributed by atoms with van der Waals surface area (Å²) >= 11 is 7.03. The molecule has 3 aromatic rings. The van der Waals surface area contributed by atoms with Crippen LogP contribution in [-0.4, -0.2) is 43.6 Å². The highest BCUT2D eigenvalue weighted by atomic mass is 32.1. The predicted molar refractivity (Wildman–Crippen MR) is 131 cm³/mol. The van der Waals surface area contributed by atoms with Gasteiger partial charge in [-0.05, 0) is 68.6 Å². The van der Waals surface area contributed by atoms with Crippen LogP contribution in [0.4, 0.5) is 0 Å². The molecular formula is C24H27N5O2S2. The molecule has 3 heterocycles. The van der Waals surface area contributed by atoms with Gasteiger partial charge in [-0.2, -0.15) is 5.10 Å². The number of benzene rings is 1. The fourth-order valence-electron chi connectivity index (χ4n) is 4.23. The average Bonchev–Trinajstić information content (AvgIpc) is 3.47. The number of carbonyl (C=O) groups excluding carboxylic acids is 1. The van der Waals surface area contributed by atoms with Crippen LogP contribution in [0.2, 0.25) is 0 Å². The predicted octanol–water partition coefficient (Wildman–Crippen LogP) is 5.04. The number of piperidine rings is 1. The number of amides is 1. The zero-order valence-corrected chi connectivity index (χ0v) is 20.2. The fraction of sp³-hybridized carbons (Fsp3) is 0.417. The van der Waals surface area contributed by atoms with Crippen molar-refractivity contribution in [3.05, 3.63) is 62.6 Å². The van der Waals surface area contributed by atoms with Crippen LogP contribution in [0.3, 0.4) is 0 Å². The first-order chi connectivity index (χ1) is 16.1. The molecule has 5 rings (SSSR count). The van der Waals surface area contributed by atoms with Crippen molar-refractivity contribution in [1.82, 2.24) is 24.6 Å². The highest BCUT2D eigenvalue weighted by Gasteiger charge is 2.32. The van der Waals surface area contributed by atoms with Crippen LogP contribution in [0.15, 0.2) is 35.7 Å². The van der Waals surface area contributed by atoms with Crippen molar-refractivity contribution in [2.24, 2.45) is 0 Å². The Kier molecular flexibility index (Phi) is 6.41. The smallest absolute Gasteiger partial charge is 0.246 e. The highest BCUT2D eigenvalue weighted by Crippen LogP contribution is 2.39. The third kappa shape index (κ3) is 5.25. The van der Waals surface area contributed by atoms with Gasteiger partial charge in [0.15, 0.2) is 4.77 Å². The first-order valence-corrected chi connectivity index (χ1v) is 12.6. The molecule has 1 aliphatic carbocycles. The molecule has 1 N–H and O–H groups in total. The molecule has 2 fully saturated rings. The van der Waals surface area contributed by atoms with Crippen molar-refractivity contribution in [2.45, 2.75) is 51.2 Å². The van der Waals surface area contributed by atoms with Gasteiger partial charge >= 0.3 is 0 Å². The molecule has 1 saturated heterocycles. The minimum atomic E-state index is 0.0498. The number of hydrogen-bond donors (Lipinski definition) is 1. The summed E-state index contributed by atoms with van der Waals surface area (Å²) in [6.45, 7) is 3.92. The molecule has 0 radical (unpaired) electrons. The number of aryl methyl sites for hydroxylation is 1. The summed E-state index contributed by atoms with van der Waals surface area (Å²) in [6, 6.07) is 8.26. The number of aromatic nitrogens is 4. The highest BCUT2D eigenvalue weighted by molar-refractivity contribution is 7.71. The van der Waals surface area contributed by atoms with Crippen molar-refractivity contribution in [1.29, 1.82) is 0 Å². The van der Waals surface area contributed by atoms with E-state index in [2.05, 4.69) is 19.7 Å². The van der Waals surface area contributed by atoms with E-state index in [0.717, 1.165) is 58.5 Å². The minimum absolute atomic E-state index is 0.0498. The van der Waals surface area contributed by atoms with Crippen molar-refractivity contribution in [3.63, 3.8) is 0 Å². The Balaban J connectivity index is 1.12. The summed E-state index contributed by atoms with van der Waals surface area (Å²) in [6.07, 6.45) is 7.71. The van der Waals surface area contributed by atoms with Crippen LogP contribution in [0.1, 0.15) is 59.7 Å².